The maximum Gasteiger partial charge on any atom is 0.387 e. The summed E-state index contributed by atoms with van der Waals surface area (Å²) in [5, 5.41) is 7.99. The lowest BCUT2D eigenvalue weighted by Gasteiger charge is -2.17. The number of rotatable bonds is 5. The van der Waals surface area contributed by atoms with E-state index in [9.17, 15) is 13.6 Å². The molecular weight excluding hydrogens is 392 g/mol. The van der Waals surface area contributed by atoms with Gasteiger partial charge in [0.15, 0.2) is 0 Å². The average molecular weight is 412 g/mol. The number of amides is 1. The standard InChI is InChI=1S/C18H20ClF2N5O2/c19-12-1-2-15(28-18(20)21)13(3-12)17-14(22)8-26(24-17)9-16(27)25-6-10-4-23-5-11(10)7-25/h1-3,8,10-11,18,23H,4-7,9,22H2. The third-order valence-electron chi connectivity index (χ3n) is 5.24. The number of carbonyl (C=O) groups is 1. The Morgan fingerprint density at radius 3 is 2.75 bits per heavy atom. The van der Waals surface area contributed by atoms with E-state index in [0.717, 1.165) is 26.2 Å². The molecule has 1 aromatic heterocycles. The summed E-state index contributed by atoms with van der Waals surface area (Å²) >= 11 is 6.00. The first-order valence-electron chi connectivity index (χ1n) is 8.97. The fourth-order valence-corrected chi connectivity index (χ4v) is 4.08. The van der Waals surface area contributed by atoms with Gasteiger partial charge in [0.05, 0.1) is 5.69 Å². The molecule has 1 aromatic carbocycles. The van der Waals surface area contributed by atoms with Crippen LogP contribution in [0.2, 0.25) is 5.02 Å². The Morgan fingerprint density at radius 1 is 1.36 bits per heavy atom. The van der Waals surface area contributed by atoms with Crippen molar-refractivity contribution in [1.29, 1.82) is 0 Å². The van der Waals surface area contributed by atoms with Gasteiger partial charge in [0, 0.05) is 43.0 Å². The molecule has 7 nitrogen and oxygen atoms in total. The quantitative estimate of drug-likeness (QED) is 0.786. The van der Waals surface area contributed by atoms with Gasteiger partial charge in [-0.1, -0.05) is 11.6 Å². The molecule has 3 N–H and O–H groups in total. The van der Waals surface area contributed by atoms with Crippen molar-refractivity contribution in [2.45, 2.75) is 13.2 Å². The van der Waals surface area contributed by atoms with Crippen molar-refractivity contribution in [3.63, 3.8) is 0 Å². The number of carbonyl (C=O) groups excluding carboxylic acids is 1. The number of ether oxygens (including phenoxy) is 1. The molecule has 28 heavy (non-hydrogen) atoms. The highest BCUT2D eigenvalue weighted by Crippen LogP contribution is 2.35. The summed E-state index contributed by atoms with van der Waals surface area (Å²) in [5.74, 6) is 0.881. The SMILES string of the molecule is Nc1cn(CC(=O)N2CC3CNCC3C2)nc1-c1cc(Cl)ccc1OC(F)F. The molecule has 0 bridgehead atoms. The van der Waals surface area contributed by atoms with Gasteiger partial charge in [0.25, 0.3) is 0 Å². The molecule has 1 amide bonds. The minimum absolute atomic E-state index is 0.0304. The van der Waals surface area contributed by atoms with Gasteiger partial charge >= 0.3 is 6.61 Å². The van der Waals surface area contributed by atoms with Crippen LogP contribution in [0.25, 0.3) is 11.3 Å². The van der Waals surface area contributed by atoms with Crippen molar-refractivity contribution in [1.82, 2.24) is 20.0 Å². The second kappa shape index (κ2) is 7.56. The fraction of sp³-hybridized carbons (Fsp3) is 0.444. The third-order valence-corrected chi connectivity index (χ3v) is 5.48. The second-order valence-electron chi connectivity index (χ2n) is 7.13. The van der Waals surface area contributed by atoms with Gasteiger partial charge in [-0.05, 0) is 30.0 Å². The highest BCUT2D eigenvalue weighted by Gasteiger charge is 2.38. The van der Waals surface area contributed by atoms with E-state index in [2.05, 4.69) is 15.2 Å². The Hall–Kier alpha value is -2.39. The van der Waals surface area contributed by atoms with E-state index in [4.69, 9.17) is 17.3 Å². The van der Waals surface area contributed by atoms with Gasteiger partial charge in [-0.3, -0.25) is 9.48 Å². The number of nitrogens with one attached hydrogen (secondary N) is 1. The molecule has 2 aliphatic heterocycles. The summed E-state index contributed by atoms with van der Waals surface area (Å²) in [4.78, 5) is 14.5. The number of hydrogen-bond donors (Lipinski definition) is 2. The van der Waals surface area contributed by atoms with Crippen LogP contribution in [0.1, 0.15) is 0 Å². The van der Waals surface area contributed by atoms with Crippen molar-refractivity contribution in [2.75, 3.05) is 31.9 Å². The van der Waals surface area contributed by atoms with Crippen molar-refractivity contribution < 1.29 is 18.3 Å². The predicted molar refractivity (Wildman–Crippen MR) is 100 cm³/mol. The largest absolute Gasteiger partial charge is 0.434 e. The van der Waals surface area contributed by atoms with Gasteiger partial charge in [0.2, 0.25) is 5.91 Å². The Labute approximate surface area is 165 Å². The van der Waals surface area contributed by atoms with Crippen molar-refractivity contribution in [3.05, 3.63) is 29.4 Å². The topological polar surface area (TPSA) is 85.4 Å². The van der Waals surface area contributed by atoms with Gasteiger partial charge in [0.1, 0.15) is 18.0 Å². The van der Waals surface area contributed by atoms with Crippen molar-refractivity contribution in [2.24, 2.45) is 11.8 Å². The molecule has 0 saturated carbocycles. The molecule has 0 aliphatic carbocycles. The zero-order valence-electron chi connectivity index (χ0n) is 14.9. The number of alkyl halides is 2. The molecule has 3 heterocycles. The van der Waals surface area contributed by atoms with Crippen LogP contribution in [0, 0.1) is 11.8 Å². The molecule has 10 heteroatoms. The highest BCUT2D eigenvalue weighted by atomic mass is 35.5. The minimum atomic E-state index is -2.99. The maximum atomic E-state index is 12.7. The van der Waals surface area contributed by atoms with Crippen LogP contribution >= 0.6 is 11.6 Å². The monoisotopic (exact) mass is 411 g/mol. The number of halogens is 3. The first-order chi connectivity index (χ1) is 13.4. The van der Waals surface area contributed by atoms with Crippen LogP contribution in [-0.4, -0.2) is 53.4 Å². The summed E-state index contributed by atoms with van der Waals surface area (Å²) < 4.78 is 31.4. The Balaban J connectivity index is 1.53. The number of benzene rings is 1. The van der Waals surface area contributed by atoms with Crippen molar-refractivity contribution >= 4 is 23.2 Å². The predicted octanol–water partition coefficient (Wildman–Crippen LogP) is 2.06. The van der Waals surface area contributed by atoms with E-state index in [1.165, 1.54) is 29.1 Å². The van der Waals surface area contributed by atoms with E-state index in [1.807, 2.05) is 4.90 Å². The molecule has 2 aliphatic rings. The number of nitrogens with zero attached hydrogens (tertiary/aromatic N) is 3. The van der Waals surface area contributed by atoms with Gasteiger partial charge in [-0.15, -0.1) is 0 Å². The molecule has 0 spiro atoms. The van der Waals surface area contributed by atoms with Crippen LogP contribution in [0.15, 0.2) is 24.4 Å². The number of fused-ring (bicyclic) bond motifs is 1. The molecule has 150 valence electrons. The Morgan fingerprint density at radius 2 is 2.07 bits per heavy atom. The van der Waals surface area contributed by atoms with Crippen LogP contribution < -0.4 is 15.8 Å². The highest BCUT2D eigenvalue weighted by molar-refractivity contribution is 6.31. The zero-order chi connectivity index (χ0) is 19.8. The normalized spacial score (nSPS) is 21.4. The van der Waals surface area contributed by atoms with E-state index in [0.29, 0.717) is 16.9 Å². The van der Waals surface area contributed by atoms with E-state index < -0.39 is 6.61 Å². The van der Waals surface area contributed by atoms with E-state index >= 15 is 0 Å². The fourth-order valence-electron chi connectivity index (χ4n) is 3.91. The summed E-state index contributed by atoms with van der Waals surface area (Å²) in [6.07, 6.45) is 1.51. The molecule has 2 unspecified atom stereocenters. The average Bonchev–Trinajstić information content (AvgIpc) is 3.30. The van der Waals surface area contributed by atoms with Crippen molar-refractivity contribution in [3.8, 4) is 17.0 Å². The summed E-state index contributed by atoms with van der Waals surface area (Å²) in [6, 6.07) is 4.24. The van der Waals surface area contributed by atoms with Gasteiger partial charge in [-0.2, -0.15) is 13.9 Å². The minimum Gasteiger partial charge on any atom is -0.434 e. The summed E-state index contributed by atoms with van der Waals surface area (Å²) in [5.41, 5.74) is 6.76. The number of nitrogen functional groups attached to an aromatic ring is 1. The lowest BCUT2D eigenvalue weighted by molar-refractivity contribution is -0.131. The molecule has 4 rings (SSSR count). The van der Waals surface area contributed by atoms with Crippen LogP contribution in [0.5, 0.6) is 5.75 Å². The molecule has 0 radical (unpaired) electrons. The third kappa shape index (κ3) is 3.77. The van der Waals surface area contributed by atoms with Gasteiger partial charge in [-0.25, -0.2) is 0 Å². The summed E-state index contributed by atoms with van der Waals surface area (Å²) in [6.45, 7) is 0.391. The second-order valence-corrected chi connectivity index (χ2v) is 7.56. The van der Waals surface area contributed by atoms with Gasteiger partial charge < -0.3 is 20.7 Å². The van der Waals surface area contributed by atoms with Crippen LogP contribution in [0.3, 0.4) is 0 Å². The van der Waals surface area contributed by atoms with Crippen LogP contribution in [0.4, 0.5) is 14.5 Å². The molecule has 2 saturated heterocycles. The molecule has 2 atom stereocenters. The number of hydrogen-bond acceptors (Lipinski definition) is 5. The van der Waals surface area contributed by atoms with E-state index in [1.54, 1.807) is 0 Å². The number of likely N-dealkylation sites (tertiary alicyclic amines) is 1. The lowest BCUT2D eigenvalue weighted by atomic mass is 10.0. The Bertz CT molecular complexity index is 879. The summed E-state index contributed by atoms with van der Waals surface area (Å²) in [7, 11) is 0. The number of nitrogens with two attached hydrogens (primary N) is 1. The lowest BCUT2D eigenvalue weighted by Crippen LogP contribution is -2.34. The first kappa shape index (κ1) is 18.9. The first-order valence-corrected chi connectivity index (χ1v) is 9.34. The number of aromatic nitrogens is 2. The Kier molecular flexibility index (Phi) is 5.11. The zero-order valence-corrected chi connectivity index (χ0v) is 15.7. The smallest absolute Gasteiger partial charge is 0.387 e. The molecule has 2 aromatic rings. The van der Waals surface area contributed by atoms with E-state index in [-0.39, 0.29) is 35.1 Å². The maximum absolute atomic E-state index is 12.7. The molecule has 2 fully saturated rings. The number of anilines is 1. The van der Waals surface area contributed by atoms with Crippen LogP contribution in [-0.2, 0) is 11.3 Å². The molecular formula is C18H20ClF2N5O2.